The molecule has 0 aliphatic carbocycles. The molecule has 3 aromatic rings. The molecule has 0 bridgehead atoms. The normalized spacial score (nSPS) is 21.8. The molecule has 162 valence electrons. The van der Waals surface area contributed by atoms with Gasteiger partial charge in [0.1, 0.15) is 17.1 Å². The fourth-order valence-corrected chi connectivity index (χ4v) is 5.55. The maximum atomic E-state index is 13.9. The molecular weight excluding hydrogens is 398 g/mol. The molecule has 2 aliphatic heterocycles. The molecule has 0 aromatic heterocycles. The number of aryl methyl sites for hydroxylation is 1. The van der Waals surface area contributed by atoms with Crippen molar-refractivity contribution in [1.29, 1.82) is 0 Å². The molecular formula is C28H27NO3. The lowest BCUT2D eigenvalue weighted by Crippen LogP contribution is -2.56. The van der Waals surface area contributed by atoms with E-state index in [1.165, 1.54) is 0 Å². The van der Waals surface area contributed by atoms with Crippen LogP contribution in [0.5, 0.6) is 5.75 Å². The van der Waals surface area contributed by atoms with Gasteiger partial charge in [0.25, 0.3) is 5.91 Å². The number of ether oxygens (including phenoxy) is 1. The fraction of sp³-hybridized carbons (Fsp3) is 0.286. The third-order valence-electron chi connectivity index (χ3n) is 7.04. The minimum atomic E-state index is -0.747. The van der Waals surface area contributed by atoms with Crippen LogP contribution in [-0.2, 0) is 16.8 Å². The predicted molar refractivity (Wildman–Crippen MR) is 124 cm³/mol. The van der Waals surface area contributed by atoms with E-state index in [1.54, 1.807) is 7.11 Å². The summed E-state index contributed by atoms with van der Waals surface area (Å²) in [7, 11) is 1.64. The van der Waals surface area contributed by atoms with Gasteiger partial charge in [-0.2, -0.15) is 0 Å². The van der Waals surface area contributed by atoms with Crippen molar-refractivity contribution in [1.82, 2.24) is 4.90 Å². The van der Waals surface area contributed by atoms with Gasteiger partial charge in [-0.1, -0.05) is 60.2 Å². The summed E-state index contributed by atoms with van der Waals surface area (Å²) in [5.41, 5.74) is 4.08. The second-order valence-corrected chi connectivity index (χ2v) is 8.82. The summed E-state index contributed by atoms with van der Waals surface area (Å²) < 4.78 is 5.25. The van der Waals surface area contributed by atoms with E-state index in [-0.39, 0.29) is 17.6 Å². The zero-order chi connectivity index (χ0) is 22.3. The van der Waals surface area contributed by atoms with Gasteiger partial charge in [0, 0.05) is 24.4 Å². The molecule has 2 atom stereocenters. The van der Waals surface area contributed by atoms with Gasteiger partial charge in [-0.3, -0.25) is 9.59 Å². The first-order valence-electron chi connectivity index (χ1n) is 11.2. The Morgan fingerprint density at radius 1 is 1.03 bits per heavy atom. The van der Waals surface area contributed by atoms with Crippen LogP contribution in [0.1, 0.15) is 45.5 Å². The first-order valence-corrected chi connectivity index (χ1v) is 11.2. The highest BCUT2D eigenvalue weighted by molar-refractivity contribution is 6.02. The minimum absolute atomic E-state index is 0.0307. The number of rotatable bonds is 5. The highest BCUT2D eigenvalue weighted by Crippen LogP contribution is 2.53. The zero-order valence-corrected chi connectivity index (χ0v) is 18.5. The largest absolute Gasteiger partial charge is 0.497 e. The first kappa shape index (κ1) is 20.5. The van der Waals surface area contributed by atoms with Crippen molar-refractivity contribution < 1.29 is 14.3 Å². The summed E-state index contributed by atoms with van der Waals surface area (Å²) in [4.78, 5) is 29.3. The number of benzene rings is 3. The van der Waals surface area contributed by atoms with Gasteiger partial charge in [0.05, 0.1) is 7.11 Å². The van der Waals surface area contributed by atoms with Crippen LogP contribution < -0.4 is 4.74 Å². The summed E-state index contributed by atoms with van der Waals surface area (Å²) in [5.74, 6) is 0.679. The number of piperidine rings is 1. The van der Waals surface area contributed by atoms with Gasteiger partial charge in [-0.25, -0.2) is 0 Å². The van der Waals surface area contributed by atoms with E-state index in [1.807, 2.05) is 53.4 Å². The van der Waals surface area contributed by atoms with Gasteiger partial charge in [-0.15, -0.1) is 0 Å². The molecule has 0 N–H and O–H groups in total. The van der Waals surface area contributed by atoms with Crippen molar-refractivity contribution in [2.45, 2.75) is 31.7 Å². The van der Waals surface area contributed by atoms with Gasteiger partial charge in [0.15, 0.2) is 0 Å². The van der Waals surface area contributed by atoms with Crippen LogP contribution in [0.25, 0.3) is 0 Å². The fourth-order valence-electron chi connectivity index (χ4n) is 5.55. The van der Waals surface area contributed by atoms with Gasteiger partial charge < -0.3 is 9.64 Å². The van der Waals surface area contributed by atoms with E-state index in [0.717, 1.165) is 46.4 Å². The molecule has 0 spiro atoms. The van der Waals surface area contributed by atoms with E-state index >= 15 is 0 Å². The topological polar surface area (TPSA) is 46.6 Å². The first-order chi connectivity index (χ1) is 15.6. The molecule has 2 aliphatic rings. The van der Waals surface area contributed by atoms with Crippen molar-refractivity contribution in [3.8, 4) is 5.75 Å². The van der Waals surface area contributed by atoms with Crippen LogP contribution in [0.3, 0.4) is 0 Å². The van der Waals surface area contributed by atoms with Crippen molar-refractivity contribution >= 4 is 11.7 Å². The Morgan fingerprint density at radius 2 is 1.75 bits per heavy atom. The van der Waals surface area contributed by atoms with Crippen LogP contribution >= 0.6 is 0 Å². The number of hydrogen-bond donors (Lipinski definition) is 0. The Morgan fingerprint density at radius 3 is 2.47 bits per heavy atom. The number of carbonyl (C=O) groups is 2. The quantitative estimate of drug-likeness (QED) is 0.583. The second kappa shape index (κ2) is 7.94. The van der Waals surface area contributed by atoms with Crippen LogP contribution in [0.4, 0.5) is 0 Å². The smallest absolute Gasteiger partial charge is 0.255 e. The number of methoxy groups -OCH3 is 1. The molecule has 0 saturated carbocycles. The average molecular weight is 426 g/mol. The number of carbonyl (C=O) groups excluding carboxylic acids is 2. The molecule has 1 saturated heterocycles. The van der Waals surface area contributed by atoms with Crippen molar-refractivity contribution in [2.75, 3.05) is 13.7 Å². The van der Waals surface area contributed by atoms with Crippen LogP contribution in [-0.4, -0.2) is 30.2 Å². The number of amides is 1. The summed E-state index contributed by atoms with van der Waals surface area (Å²) in [6.07, 6.45) is 1.93. The lowest BCUT2D eigenvalue weighted by molar-refractivity contribution is -0.127. The van der Waals surface area contributed by atoms with E-state index in [0.29, 0.717) is 13.0 Å². The Balaban J connectivity index is 1.63. The van der Waals surface area contributed by atoms with E-state index in [9.17, 15) is 9.59 Å². The minimum Gasteiger partial charge on any atom is -0.497 e. The second-order valence-electron chi connectivity index (χ2n) is 8.82. The standard InChI is InChI=1S/C28H27NO3/c1-19-9-13-21(14-10-19)28-24-7-4-3-6-23(24)27(31)29(28)17-5-8-25(28)26(30)18-20-11-15-22(32-2)16-12-20/h3-4,6-7,9-16,25H,5,8,17-18H2,1-2H3/t25?,28-/m1/s1. The van der Waals surface area contributed by atoms with Crippen molar-refractivity contribution in [3.05, 3.63) is 101 Å². The Bertz CT molecular complexity index is 1170. The lowest BCUT2D eigenvalue weighted by atomic mass is 9.67. The molecule has 4 nitrogen and oxygen atoms in total. The number of ketones is 1. The highest BCUT2D eigenvalue weighted by Gasteiger charge is 2.58. The Hall–Kier alpha value is -3.40. The number of nitrogens with zero attached hydrogens (tertiary/aromatic N) is 1. The summed E-state index contributed by atoms with van der Waals surface area (Å²) in [5, 5.41) is 0. The van der Waals surface area contributed by atoms with Crippen LogP contribution in [0, 0.1) is 12.8 Å². The molecule has 3 aromatic carbocycles. The van der Waals surface area contributed by atoms with E-state index in [4.69, 9.17) is 4.74 Å². The maximum absolute atomic E-state index is 13.9. The average Bonchev–Trinajstić information content (AvgIpc) is 3.09. The summed E-state index contributed by atoms with van der Waals surface area (Å²) in [6.45, 7) is 2.72. The van der Waals surface area contributed by atoms with Crippen LogP contribution in [0.2, 0.25) is 0 Å². The molecule has 4 heteroatoms. The Labute approximate surface area is 188 Å². The van der Waals surface area contributed by atoms with E-state index in [2.05, 4.69) is 31.2 Å². The Kier molecular flexibility index (Phi) is 5.09. The number of Topliss-reactive ketones (excluding diaryl/α,β-unsaturated/α-hetero) is 1. The highest BCUT2D eigenvalue weighted by atomic mass is 16.5. The van der Waals surface area contributed by atoms with Gasteiger partial charge >= 0.3 is 0 Å². The van der Waals surface area contributed by atoms with E-state index < -0.39 is 5.54 Å². The number of hydrogen-bond acceptors (Lipinski definition) is 3. The monoisotopic (exact) mass is 425 g/mol. The third-order valence-corrected chi connectivity index (χ3v) is 7.04. The van der Waals surface area contributed by atoms with Gasteiger partial charge in [0.2, 0.25) is 0 Å². The number of fused-ring (bicyclic) bond motifs is 3. The van der Waals surface area contributed by atoms with Crippen molar-refractivity contribution in [2.24, 2.45) is 5.92 Å². The molecule has 32 heavy (non-hydrogen) atoms. The summed E-state index contributed by atoms with van der Waals surface area (Å²) in [6, 6.07) is 23.8. The lowest BCUT2D eigenvalue weighted by Gasteiger charge is -2.48. The molecule has 1 amide bonds. The molecule has 1 unspecified atom stereocenters. The molecule has 0 radical (unpaired) electrons. The van der Waals surface area contributed by atoms with Gasteiger partial charge in [-0.05, 0) is 54.7 Å². The van der Waals surface area contributed by atoms with Crippen molar-refractivity contribution in [3.63, 3.8) is 0 Å². The SMILES string of the molecule is COc1ccc(CC(=O)C2CCCN3C(=O)c4ccccc4[C@]23c2ccc(C)cc2)cc1. The zero-order valence-electron chi connectivity index (χ0n) is 18.5. The molecule has 1 fully saturated rings. The maximum Gasteiger partial charge on any atom is 0.255 e. The summed E-state index contributed by atoms with van der Waals surface area (Å²) >= 11 is 0. The predicted octanol–water partition coefficient (Wildman–Crippen LogP) is 4.92. The molecule has 5 rings (SSSR count). The molecule has 2 heterocycles. The van der Waals surface area contributed by atoms with Crippen LogP contribution in [0.15, 0.2) is 72.8 Å². The third kappa shape index (κ3) is 3.05.